The third-order valence-corrected chi connectivity index (χ3v) is 4.23. The quantitative estimate of drug-likeness (QED) is 0.594. The Morgan fingerprint density at radius 2 is 1.85 bits per heavy atom. The molecule has 6 heteroatoms. The highest BCUT2D eigenvalue weighted by molar-refractivity contribution is 5.76. The summed E-state index contributed by atoms with van der Waals surface area (Å²) in [6.45, 7) is 0.484. The second-order valence-electron chi connectivity index (χ2n) is 6.07. The van der Waals surface area contributed by atoms with Crippen LogP contribution >= 0.6 is 0 Å². The van der Waals surface area contributed by atoms with Crippen LogP contribution in [0.15, 0.2) is 71.3 Å². The summed E-state index contributed by atoms with van der Waals surface area (Å²) in [7, 11) is 1.62. The molecule has 1 heterocycles. The number of benzene rings is 2. The third-order valence-electron chi connectivity index (χ3n) is 4.23. The summed E-state index contributed by atoms with van der Waals surface area (Å²) in [5, 5.41) is 0. The summed E-state index contributed by atoms with van der Waals surface area (Å²) >= 11 is 0. The first-order valence-electron chi connectivity index (χ1n) is 8.59. The van der Waals surface area contributed by atoms with Gasteiger partial charge in [0.25, 0.3) is 0 Å². The average Bonchev–Trinajstić information content (AvgIpc) is 3.22. The molecule has 2 aromatic carbocycles. The number of carbonyl (C=O) groups is 1. The van der Waals surface area contributed by atoms with Gasteiger partial charge in [-0.05, 0) is 47.5 Å². The molecule has 0 fully saturated rings. The second kappa shape index (κ2) is 9.00. The van der Waals surface area contributed by atoms with Crippen LogP contribution in [-0.2, 0) is 11.3 Å². The van der Waals surface area contributed by atoms with E-state index in [1.54, 1.807) is 31.6 Å². The van der Waals surface area contributed by atoms with Crippen LogP contribution in [0.5, 0.6) is 5.75 Å². The third kappa shape index (κ3) is 5.18. The molecule has 0 aliphatic carbocycles. The molecule has 0 aliphatic heterocycles. The number of amides is 1. The van der Waals surface area contributed by atoms with Gasteiger partial charge in [-0.3, -0.25) is 10.2 Å². The van der Waals surface area contributed by atoms with Crippen molar-refractivity contribution in [3.63, 3.8) is 0 Å². The summed E-state index contributed by atoms with van der Waals surface area (Å²) in [6, 6.07) is 17.2. The summed E-state index contributed by atoms with van der Waals surface area (Å²) in [5.41, 5.74) is 7.44. The molecule has 0 aliphatic rings. The molecule has 0 saturated heterocycles. The minimum absolute atomic E-state index is 0.175. The summed E-state index contributed by atoms with van der Waals surface area (Å²) in [5.74, 6) is 0.649. The van der Waals surface area contributed by atoms with Crippen LogP contribution < -0.4 is 15.6 Å². The Morgan fingerprint density at radius 1 is 1.11 bits per heavy atom. The molecule has 0 bridgehead atoms. The molecule has 1 amide bonds. The Balaban J connectivity index is 1.58. The van der Waals surface area contributed by atoms with Crippen molar-refractivity contribution in [2.75, 3.05) is 7.11 Å². The van der Waals surface area contributed by atoms with E-state index in [0.717, 1.165) is 16.9 Å². The van der Waals surface area contributed by atoms with Crippen molar-refractivity contribution in [1.29, 1.82) is 0 Å². The van der Waals surface area contributed by atoms with Gasteiger partial charge >= 0.3 is 0 Å². The van der Waals surface area contributed by atoms with Gasteiger partial charge in [-0.15, -0.1) is 0 Å². The molecule has 1 atom stereocenters. The molecular weight excluding hydrogens is 347 g/mol. The number of methoxy groups -OCH3 is 1. The molecule has 0 saturated carbocycles. The lowest BCUT2D eigenvalue weighted by Crippen LogP contribution is -2.37. The van der Waals surface area contributed by atoms with Crippen molar-refractivity contribution in [3.8, 4) is 5.75 Å². The Morgan fingerprint density at radius 3 is 2.48 bits per heavy atom. The summed E-state index contributed by atoms with van der Waals surface area (Å²) < 4.78 is 23.8. The zero-order valence-corrected chi connectivity index (χ0v) is 14.9. The molecule has 3 aromatic rings. The molecule has 0 spiro atoms. The van der Waals surface area contributed by atoms with Crippen LogP contribution in [0.3, 0.4) is 0 Å². The van der Waals surface area contributed by atoms with Gasteiger partial charge in [0.1, 0.15) is 17.3 Å². The fourth-order valence-corrected chi connectivity index (χ4v) is 2.79. The van der Waals surface area contributed by atoms with E-state index in [2.05, 4.69) is 10.9 Å². The lowest BCUT2D eigenvalue weighted by atomic mass is 9.93. The van der Waals surface area contributed by atoms with Crippen LogP contribution in [0.1, 0.15) is 29.2 Å². The molecule has 140 valence electrons. The predicted octanol–water partition coefficient (Wildman–Crippen LogP) is 3.77. The fourth-order valence-electron chi connectivity index (χ4n) is 2.79. The van der Waals surface area contributed by atoms with Gasteiger partial charge in [0.05, 0.1) is 19.3 Å². The Kier molecular flexibility index (Phi) is 6.22. The number of nitrogens with one attached hydrogen (secondary N) is 2. The smallest absolute Gasteiger partial charge is 0.235 e. The first-order chi connectivity index (χ1) is 13.2. The maximum atomic E-state index is 13.2. The highest BCUT2D eigenvalue weighted by Crippen LogP contribution is 2.28. The van der Waals surface area contributed by atoms with Gasteiger partial charge in [-0.1, -0.05) is 24.3 Å². The van der Waals surface area contributed by atoms with Crippen molar-refractivity contribution in [2.45, 2.75) is 18.9 Å². The monoisotopic (exact) mass is 368 g/mol. The van der Waals surface area contributed by atoms with Gasteiger partial charge in [0.2, 0.25) is 5.91 Å². The molecule has 0 unspecified atom stereocenters. The van der Waals surface area contributed by atoms with Gasteiger partial charge in [0.15, 0.2) is 0 Å². The van der Waals surface area contributed by atoms with E-state index in [1.165, 1.54) is 12.1 Å². The summed E-state index contributed by atoms with van der Waals surface area (Å²) in [4.78, 5) is 12.4. The number of halogens is 1. The van der Waals surface area contributed by atoms with Crippen molar-refractivity contribution in [1.82, 2.24) is 10.9 Å². The molecule has 27 heavy (non-hydrogen) atoms. The van der Waals surface area contributed by atoms with E-state index < -0.39 is 0 Å². The highest BCUT2D eigenvalue weighted by atomic mass is 19.1. The van der Waals surface area contributed by atoms with Crippen LogP contribution in [0.4, 0.5) is 4.39 Å². The summed E-state index contributed by atoms with van der Waals surface area (Å²) in [6.07, 6.45) is 1.74. The fraction of sp³-hybridized carbons (Fsp3) is 0.190. The lowest BCUT2D eigenvalue weighted by Gasteiger charge is -2.15. The zero-order valence-electron chi connectivity index (χ0n) is 14.9. The van der Waals surface area contributed by atoms with Gasteiger partial charge in [-0.25, -0.2) is 9.82 Å². The van der Waals surface area contributed by atoms with Crippen molar-refractivity contribution in [3.05, 3.63) is 89.6 Å². The molecule has 5 nitrogen and oxygen atoms in total. The number of hydrogen-bond donors (Lipinski definition) is 2. The number of furan rings is 1. The van der Waals surface area contributed by atoms with Crippen LogP contribution in [-0.4, -0.2) is 13.0 Å². The van der Waals surface area contributed by atoms with Crippen LogP contribution in [0.2, 0.25) is 0 Å². The average molecular weight is 368 g/mol. The van der Waals surface area contributed by atoms with Gasteiger partial charge < -0.3 is 9.15 Å². The van der Waals surface area contributed by atoms with Crippen molar-refractivity contribution < 1.29 is 18.3 Å². The first-order valence-corrected chi connectivity index (χ1v) is 8.59. The second-order valence-corrected chi connectivity index (χ2v) is 6.07. The predicted molar refractivity (Wildman–Crippen MR) is 99.5 cm³/mol. The minimum Gasteiger partial charge on any atom is -0.497 e. The van der Waals surface area contributed by atoms with Gasteiger partial charge in [-0.2, -0.15) is 0 Å². The van der Waals surface area contributed by atoms with Crippen LogP contribution in [0.25, 0.3) is 0 Å². The molecule has 1 aromatic heterocycles. The number of hydrazine groups is 1. The number of ether oxygens (including phenoxy) is 1. The van der Waals surface area contributed by atoms with E-state index in [4.69, 9.17) is 9.15 Å². The number of hydrogen-bond acceptors (Lipinski definition) is 4. The van der Waals surface area contributed by atoms with E-state index in [0.29, 0.717) is 12.3 Å². The van der Waals surface area contributed by atoms with E-state index in [-0.39, 0.29) is 24.1 Å². The van der Waals surface area contributed by atoms with Gasteiger partial charge in [0, 0.05) is 13.0 Å². The van der Waals surface area contributed by atoms with Crippen molar-refractivity contribution in [2.24, 2.45) is 0 Å². The van der Waals surface area contributed by atoms with E-state index >= 15 is 0 Å². The Hall–Kier alpha value is -3.12. The minimum atomic E-state index is -0.317. The Labute approximate surface area is 157 Å². The molecule has 2 N–H and O–H groups in total. The maximum absolute atomic E-state index is 13.2. The normalized spacial score (nSPS) is 11.8. The molecular formula is C21H21FN2O3. The number of rotatable bonds is 8. The maximum Gasteiger partial charge on any atom is 0.235 e. The van der Waals surface area contributed by atoms with E-state index in [1.807, 2.05) is 30.3 Å². The SMILES string of the molecule is COc1ccc(CNNC(=O)C[C@H](c2ccc(F)cc2)c2ccco2)cc1. The highest BCUT2D eigenvalue weighted by Gasteiger charge is 2.20. The lowest BCUT2D eigenvalue weighted by molar-refractivity contribution is -0.122. The standard InChI is InChI=1S/C21H21FN2O3/c1-26-18-10-4-15(5-11-18)14-23-24-21(25)13-19(20-3-2-12-27-20)16-6-8-17(22)9-7-16/h2-12,19,23H,13-14H2,1H3,(H,24,25)/t19-/m1/s1. The number of carbonyl (C=O) groups excluding carboxylic acids is 1. The molecule has 0 radical (unpaired) electrons. The molecule has 3 rings (SSSR count). The topological polar surface area (TPSA) is 63.5 Å². The van der Waals surface area contributed by atoms with E-state index in [9.17, 15) is 9.18 Å². The van der Waals surface area contributed by atoms with Crippen molar-refractivity contribution >= 4 is 5.91 Å². The first kappa shape index (κ1) is 18.7. The Bertz CT molecular complexity index is 846. The zero-order chi connectivity index (χ0) is 19.1. The largest absolute Gasteiger partial charge is 0.497 e. The van der Waals surface area contributed by atoms with Crippen LogP contribution in [0, 0.1) is 5.82 Å².